The fraction of sp³-hybridized carbons (Fsp3) is 0.500. The molecule has 0 unspecified atom stereocenters. The van der Waals surface area contributed by atoms with Crippen molar-refractivity contribution in [3.63, 3.8) is 0 Å². The van der Waals surface area contributed by atoms with E-state index < -0.39 is 17.8 Å². The van der Waals surface area contributed by atoms with Crippen LogP contribution in [0.2, 0.25) is 5.02 Å². The molecule has 0 radical (unpaired) electrons. The summed E-state index contributed by atoms with van der Waals surface area (Å²) in [5.41, 5.74) is -1.51. The van der Waals surface area contributed by atoms with E-state index in [1.807, 2.05) is 0 Å². The molecule has 0 aromatic carbocycles. The summed E-state index contributed by atoms with van der Waals surface area (Å²) >= 11 is 7.58. The lowest BCUT2D eigenvalue weighted by molar-refractivity contribution is -0.142. The number of halogens is 4. The van der Waals surface area contributed by atoms with Gasteiger partial charge in [0.2, 0.25) is 0 Å². The van der Waals surface area contributed by atoms with Crippen LogP contribution in [0, 0.1) is 5.92 Å². The molecule has 2 aliphatic rings. The molecule has 2 fully saturated rings. The Morgan fingerprint density at radius 1 is 1.24 bits per heavy atom. The second-order valence-electron chi connectivity index (χ2n) is 8.50. The number of carbonyl (C=O) groups is 1. The standard InChI is InChI=1S/C22H22ClF3N4O2S/c23-18-19(21(31)32-12-13-5-3-9-29-8-2-1-6-15(13)29)28-30-17(22(24,25)26)11-14(27-20(18)30)16-7-4-10-33-16/h4,7,10-11,13,15H,1-3,5-6,8-9,12H2/t13-,15-/m0/s1. The van der Waals surface area contributed by atoms with E-state index in [9.17, 15) is 18.0 Å². The molecule has 0 saturated carbocycles. The SMILES string of the molecule is O=C(OC[C@@H]1CCCN2CCCC[C@@H]12)c1nn2c(C(F)(F)F)cc(-c3cccs3)nc2c1Cl. The molecule has 2 atom stereocenters. The lowest BCUT2D eigenvalue weighted by Crippen LogP contribution is -2.49. The molecule has 0 spiro atoms. The maximum atomic E-state index is 13.8. The molecule has 11 heteroatoms. The Balaban J connectivity index is 1.43. The molecule has 5 rings (SSSR count). The van der Waals surface area contributed by atoms with Gasteiger partial charge in [0.15, 0.2) is 17.0 Å². The van der Waals surface area contributed by atoms with Crippen LogP contribution in [-0.4, -0.2) is 51.2 Å². The average Bonchev–Trinajstić information content (AvgIpc) is 3.45. The second-order valence-corrected chi connectivity index (χ2v) is 9.83. The Labute approximate surface area is 197 Å². The number of piperidine rings is 2. The van der Waals surface area contributed by atoms with E-state index in [4.69, 9.17) is 16.3 Å². The lowest BCUT2D eigenvalue weighted by atomic mass is 9.84. The molecule has 0 aliphatic carbocycles. The van der Waals surface area contributed by atoms with Gasteiger partial charge in [0.05, 0.1) is 17.2 Å². The first kappa shape index (κ1) is 22.6. The number of rotatable bonds is 4. The van der Waals surface area contributed by atoms with Gasteiger partial charge in [-0.3, -0.25) is 4.90 Å². The maximum absolute atomic E-state index is 13.8. The average molecular weight is 499 g/mol. The fourth-order valence-corrected chi connectivity index (χ4v) is 5.82. The third kappa shape index (κ3) is 4.36. The minimum atomic E-state index is -4.71. The van der Waals surface area contributed by atoms with Crippen molar-refractivity contribution in [3.8, 4) is 10.6 Å². The van der Waals surface area contributed by atoms with E-state index >= 15 is 0 Å². The van der Waals surface area contributed by atoms with E-state index in [1.54, 1.807) is 17.5 Å². The van der Waals surface area contributed by atoms with Crippen molar-refractivity contribution < 1.29 is 22.7 Å². The van der Waals surface area contributed by atoms with Crippen LogP contribution in [0.4, 0.5) is 13.2 Å². The number of alkyl halides is 3. The van der Waals surface area contributed by atoms with Gasteiger partial charge in [0.25, 0.3) is 0 Å². The Morgan fingerprint density at radius 2 is 2.06 bits per heavy atom. The Kier molecular flexibility index (Phi) is 6.09. The predicted octanol–water partition coefficient (Wildman–Crippen LogP) is 5.55. The number of hydrogen-bond acceptors (Lipinski definition) is 6. The normalized spacial score (nSPS) is 21.8. The van der Waals surface area contributed by atoms with Crippen molar-refractivity contribution in [1.29, 1.82) is 0 Å². The first-order valence-corrected chi connectivity index (χ1v) is 12.2. The van der Waals surface area contributed by atoms with E-state index in [0.29, 0.717) is 15.4 Å². The molecule has 6 nitrogen and oxygen atoms in total. The third-order valence-corrected chi connectivity index (χ3v) is 7.69. The van der Waals surface area contributed by atoms with E-state index in [-0.39, 0.29) is 34.6 Å². The van der Waals surface area contributed by atoms with Gasteiger partial charge in [-0.15, -0.1) is 11.3 Å². The van der Waals surface area contributed by atoms with Crippen LogP contribution in [-0.2, 0) is 10.9 Å². The number of ether oxygens (including phenoxy) is 1. The minimum Gasteiger partial charge on any atom is -0.461 e. The zero-order chi connectivity index (χ0) is 23.2. The molecule has 2 aliphatic heterocycles. The predicted molar refractivity (Wildman–Crippen MR) is 119 cm³/mol. The number of esters is 1. The summed E-state index contributed by atoms with van der Waals surface area (Å²) in [5.74, 6) is -0.627. The van der Waals surface area contributed by atoms with Gasteiger partial charge in [-0.2, -0.15) is 18.3 Å². The molecule has 0 N–H and O–H groups in total. The smallest absolute Gasteiger partial charge is 0.433 e. The molecule has 2 saturated heterocycles. The minimum absolute atomic E-state index is 0.117. The summed E-state index contributed by atoms with van der Waals surface area (Å²) in [6.45, 7) is 2.32. The molecule has 0 bridgehead atoms. The van der Waals surface area contributed by atoms with Gasteiger partial charge in [-0.1, -0.05) is 24.1 Å². The van der Waals surface area contributed by atoms with Crippen LogP contribution in [0.5, 0.6) is 0 Å². The second kappa shape index (κ2) is 8.88. The monoisotopic (exact) mass is 498 g/mol. The molecule has 5 heterocycles. The molecule has 3 aromatic heterocycles. The summed E-state index contributed by atoms with van der Waals surface area (Å²) in [6.07, 6.45) is 0.692. The Bertz CT molecular complexity index is 1160. The quantitative estimate of drug-likeness (QED) is 0.441. The first-order valence-electron chi connectivity index (χ1n) is 10.9. The zero-order valence-electron chi connectivity index (χ0n) is 17.6. The summed E-state index contributed by atoms with van der Waals surface area (Å²) in [7, 11) is 0. The fourth-order valence-electron chi connectivity index (χ4n) is 4.90. The zero-order valence-corrected chi connectivity index (χ0v) is 19.2. The highest BCUT2D eigenvalue weighted by atomic mass is 35.5. The van der Waals surface area contributed by atoms with Crippen molar-refractivity contribution in [3.05, 3.63) is 40.0 Å². The number of aromatic nitrogens is 3. The van der Waals surface area contributed by atoms with Crippen LogP contribution in [0.15, 0.2) is 23.6 Å². The van der Waals surface area contributed by atoms with Crippen LogP contribution in [0.1, 0.15) is 48.3 Å². The van der Waals surface area contributed by atoms with Gasteiger partial charge in [-0.05, 0) is 56.3 Å². The third-order valence-electron chi connectivity index (χ3n) is 6.45. The molecule has 176 valence electrons. The summed E-state index contributed by atoms with van der Waals surface area (Å²) in [4.78, 5) is 20.1. The number of hydrogen-bond donors (Lipinski definition) is 0. The number of fused-ring (bicyclic) bond motifs is 2. The highest BCUT2D eigenvalue weighted by molar-refractivity contribution is 7.13. The highest BCUT2D eigenvalue weighted by Gasteiger charge is 2.38. The largest absolute Gasteiger partial charge is 0.461 e. The number of thiophene rings is 1. The van der Waals surface area contributed by atoms with Crippen LogP contribution in [0.25, 0.3) is 16.2 Å². The van der Waals surface area contributed by atoms with Crippen LogP contribution < -0.4 is 0 Å². The molecule has 0 amide bonds. The number of nitrogens with zero attached hydrogens (tertiary/aromatic N) is 4. The van der Waals surface area contributed by atoms with E-state index in [2.05, 4.69) is 15.0 Å². The van der Waals surface area contributed by atoms with E-state index in [0.717, 1.165) is 44.8 Å². The lowest BCUT2D eigenvalue weighted by Gasteiger charge is -2.44. The van der Waals surface area contributed by atoms with Gasteiger partial charge < -0.3 is 4.74 Å². The van der Waals surface area contributed by atoms with Crippen molar-refractivity contribution >= 4 is 34.6 Å². The van der Waals surface area contributed by atoms with E-state index in [1.165, 1.54) is 17.8 Å². The topological polar surface area (TPSA) is 59.7 Å². The Hall–Kier alpha value is -2.17. The maximum Gasteiger partial charge on any atom is 0.433 e. The van der Waals surface area contributed by atoms with Crippen LogP contribution in [0.3, 0.4) is 0 Å². The first-order chi connectivity index (χ1) is 15.8. The highest BCUT2D eigenvalue weighted by Crippen LogP contribution is 2.36. The van der Waals surface area contributed by atoms with Crippen molar-refractivity contribution in [2.45, 2.75) is 44.3 Å². The van der Waals surface area contributed by atoms with Crippen molar-refractivity contribution in [1.82, 2.24) is 19.5 Å². The van der Waals surface area contributed by atoms with Gasteiger partial charge in [0, 0.05) is 12.0 Å². The summed E-state index contributed by atoms with van der Waals surface area (Å²) in [6, 6.07) is 4.68. The molecule has 33 heavy (non-hydrogen) atoms. The number of carbonyl (C=O) groups excluding carboxylic acids is 1. The Morgan fingerprint density at radius 3 is 2.82 bits per heavy atom. The molecular formula is C22H22ClF3N4O2S. The summed E-state index contributed by atoms with van der Waals surface area (Å²) in [5, 5.41) is 5.37. The van der Waals surface area contributed by atoms with Crippen molar-refractivity contribution in [2.24, 2.45) is 5.92 Å². The van der Waals surface area contributed by atoms with Crippen LogP contribution >= 0.6 is 22.9 Å². The van der Waals surface area contributed by atoms with Gasteiger partial charge in [-0.25, -0.2) is 14.3 Å². The molecular weight excluding hydrogens is 477 g/mol. The van der Waals surface area contributed by atoms with Gasteiger partial charge in [0.1, 0.15) is 5.02 Å². The van der Waals surface area contributed by atoms with Crippen molar-refractivity contribution in [2.75, 3.05) is 19.7 Å². The van der Waals surface area contributed by atoms with Gasteiger partial charge >= 0.3 is 12.1 Å². The molecule has 3 aromatic rings. The summed E-state index contributed by atoms with van der Waals surface area (Å²) < 4.78 is 47.4.